The third-order valence-electron chi connectivity index (χ3n) is 3.72. The Labute approximate surface area is 154 Å². The highest BCUT2D eigenvalue weighted by Gasteiger charge is 2.33. The van der Waals surface area contributed by atoms with Gasteiger partial charge in [-0.05, 0) is 24.3 Å². The fourth-order valence-corrected chi connectivity index (χ4v) is 2.84. The molecule has 0 aromatic heterocycles. The van der Waals surface area contributed by atoms with Crippen molar-refractivity contribution in [1.29, 1.82) is 0 Å². The Kier molecular flexibility index (Phi) is 8.47. The third-order valence-corrected chi connectivity index (χ3v) is 4.20. The molecular formula is C18H26N2O5S. The van der Waals surface area contributed by atoms with Crippen LogP contribution >= 0.6 is 0 Å². The van der Waals surface area contributed by atoms with Gasteiger partial charge in [-0.15, -0.1) is 4.83 Å². The summed E-state index contributed by atoms with van der Waals surface area (Å²) in [6.45, 7) is 3.76. The number of hydrogen-bond acceptors (Lipinski definition) is 4. The van der Waals surface area contributed by atoms with Gasteiger partial charge in [0.25, 0.3) is 0 Å². The number of carboxylic acids is 1. The number of carboxylic acid groups (broad SMARTS) is 1. The van der Waals surface area contributed by atoms with Gasteiger partial charge in [-0.3, -0.25) is 15.0 Å². The van der Waals surface area contributed by atoms with E-state index in [2.05, 4.69) is 5.43 Å². The lowest BCUT2D eigenvalue weighted by atomic mass is 9.82. The molecule has 0 saturated heterocycles. The number of hydrazine groups is 1. The van der Waals surface area contributed by atoms with Gasteiger partial charge in [-0.1, -0.05) is 56.3 Å². The van der Waals surface area contributed by atoms with Crippen LogP contribution in [0.2, 0.25) is 0 Å². The van der Waals surface area contributed by atoms with Gasteiger partial charge in [0.05, 0.1) is 18.1 Å². The second kappa shape index (κ2) is 10.1. The molecule has 8 heteroatoms. The van der Waals surface area contributed by atoms with Crippen LogP contribution in [-0.2, 0) is 19.6 Å². The first-order chi connectivity index (χ1) is 12.1. The highest BCUT2D eigenvalue weighted by Crippen LogP contribution is 2.25. The molecule has 1 amide bonds. The minimum Gasteiger partial charge on any atom is -0.481 e. The Morgan fingerprint density at radius 1 is 1.15 bits per heavy atom. The molecular weight excluding hydrogens is 356 g/mol. The molecule has 144 valence electrons. The van der Waals surface area contributed by atoms with Crippen molar-refractivity contribution in [1.82, 2.24) is 10.3 Å². The Hall–Kier alpha value is -2.19. The molecule has 1 aromatic carbocycles. The minimum atomic E-state index is -3.62. The first-order valence-electron chi connectivity index (χ1n) is 8.31. The van der Waals surface area contributed by atoms with E-state index in [-0.39, 0.29) is 12.3 Å². The number of carbonyl (C=O) groups is 2. The van der Waals surface area contributed by atoms with E-state index >= 15 is 0 Å². The van der Waals surface area contributed by atoms with Crippen LogP contribution in [0.3, 0.4) is 0 Å². The van der Waals surface area contributed by atoms with E-state index in [4.69, 9.17) is 0 Å². The SMILES string of the molecule is CC(C)C[C@@H](C(=O)NNS(C)(=O)=O)[C@H](CC=Cc1ccccc1)C(=O)O. The number of carbonyl (C=O) groups excluding carboxylic acids is 1. The number of benzene rings is 1. The molecule has 1 aromatic rings. The van der Waals surface area contributed by atoms with Crippen LogP contribution < -0.4 is 10.3 Å². The number of allylic oxidation sites excluding steroid dienone is 1. The van der Waals surface area contributed by atoms with Gasteiger partial charge in [0.15, 0.2) is 0 Å². The molecule has 7 nitrogen and oxygen atoms in total. The van der Waals surface area contributed by atoms with Crippen molar-refractivity contribution in [3.05, 3.63) is 42.0 Å². The van der Waals surface area contributed by atoms with Crippen molar-refractivity contribution in [3.63, 3.8) is 0 Å². The zero-order valence-electron chi connectivity index (χ0n) is 15.2. The van der Waals surface area contributed by atoms with Crippen molar-refractivity contribution < 1.29 is 23.1 Å². The number of nitrogens with one attached hydrogen (secondary N) is 2. The van der Waals surface area contributed by atoms with Crippen LogP contribution in [0.5, 0.6) is 0 Å². The molecule has 3 N–H and O–H groups in total. The monoisotopic (exact) mass is 382 g/mol. The van der Waals surface area contributed by atoms with Gasteiger partial charge >= 0.3 is 5.97 Å². The molecule has 0 aliphatic heterocycles. The van der Waals surface area contributed by atoms with Crippen LogP contribution in [-0.4, -0.2) is 31.7 Å². The maximum absolute atomic E-state index is 12.4. The summed E-state index contributed by atoms with van der Waals surface area (Å²) in [5, 5.41) is 9.58. The lowest BCUT2D eigenvalue weighted by Gasteiger charge is -2.24. The highest BCUT2D eigenvalue weighted by molar-refractivity contribution is 7.88. The normalized spacial score (nSPS) is 14.3. The molecule has 2 atom stereocenters. The van der Waals surface area contributed by atoms with Gasteiger partial charge in [0, 0.05) is 0 Å². The van der Waals surface area contributed by atoms with Crippen LogP contribution in [0.4, 0.5) is 0 Å². The molecule has 0 heterocycles. The predicted octanol–water partition coefficient (Wildman–Crippen LogP) is 2.03. The Morgan fingerprint density at radius 3 is 2.27 bits per heavy atom. The highest BCUT2D eigenvalue weighted by atomic mass is 32.2. The Morgan fingerprint density at radius 2 is 1.77 bits per heavy atom. The Balaban J connectivity index is 2.91. The lowest BCUT2D eigenvalue weighted by Crippen LogP contribution is -2.47. The van der Waals surface area contributed by atoms with E-state index in [1.807, 2.05) is 49.0 Å². The summed E-state index contributed by atoms with van der Waals surface area (Å²) in [4.78, 5) is 26.0. The molecule has 0 saturated carbocycles. The predicted molar refractivity (Wildman–Crippen MR) is 100 cm³/mol. The second-order valence-corrected chi connectivity index (χ2v) is 8.34. The summed E-state index contributed by atoms with van der Waals surface area (Å²) < 4.78 is 22.3. The molecule has 0 aliphatic carbocycles. The average Bonchev–Trinajstić information content (AvgIpc) is 2.54. The zero-order chi connectivity index (χ0) is 19.7. The maximum atomic E-state index is 12.4. The Bertz CT molecular complexity index is 729. The van der Waals surface area contributed by atoms with Gasteiger partial charge in [-0.2, -0.15) is 0 Å². The first kappa shape index (κ1) is 21.9. The largest absolute Gasteiger partial charge is 0.481 e. The van der Waals surface area contributed by atoms with Gasteiger partial charge in [-0.25, -0.2) is 8.42 Å². The van der Waals surface area contributed by atoms with Crippen LogP contribution in [0.25, 0.3) is 6.08 Å². The van der Waals surface area contributed by atoms with Crippen molar-refractivity contribution in [2.24, 2.45) is 17.8 Å². The summed E-state index contributed by atoms with van der Waals surface area (Å²) in [6.07, 6.45) is 4.91. The molecule has 26 heavy (non-hydrogen) atoms. The molecule has 0 fully saturated rings. The molecule has 0 unspecified atom stereocenters. The van der Waals surface area contributed by atoms with Gasteiger partial charge < -0.3 is 5.11 Å². The van der Waals surface area contributed by atoms with E-state index in [0.717, 1.165) is 11.8 Å². The van der Waals surface area contributed by atoms with Gasteiger partial charge in [0.1, 0.15) is 0 Å². The van der Waals surface area contributed by atoms with E-state index < -0.39 is 33.7 Å². The standard InChI is InChI=1S/C18H26N2O5S/c1-13(2)12-16(17(21)19-20-26(3,24)25)15(18(22)23)11-7-10-14-8-5-4-6-9-14/h4-10,13,15-16,20H,11-12H2,1-3H3,(H,19,21)(H,22,23)/t15-,16+/m0/s1. The summed E-state index contributed by atoms with van der Waals surface area (Å²) in [5.41, 5.74) is 3.04. The van der Waals surface area contributed by atoms with Crippen molar-refractivity contribution in [2.75, 3.05) is 6.26 Å². The van der Waals surface area contributed by atoms with Crippen LogP contribution in [0, 0.1) is 17.8 Å². The number of aliphatic carboxylic acids is 1. The summed E-state index contributed by atoms with van der Waals surface area (Å²) >= 11 is 0. The fourth-order valence-electron chi connectivity index (χ4n) is 2.55. The van der Waals surface area contributed by atoms with Gasteiger partial charge in [0.2, 0.25) is 15.9 Å². The van der Waals surface area contributed by atoms with E-state index in [1.165, 1.54) is 0 Å². The maximum Gasteiger partial charge on any atom is 0.307 e. The number of sulfonamides is 1. The van der Waals surface area contributed by atoms with Crippen molar-refractivity contribution in [3.8, 4) is 0 Å². The second-order valence-electron chi connectivity index (χ2n) is 6.59. The van der Waals surface area contributed by atoms with Crippen molar-refractivity contribution >= 4 is 28.0 Å². The van der Waals surface area contributed by atoms with Crippen LogP contribution in [0.15, 0.2) is 36.4 Å². The molecule has 0 aliphatic rings. The number of rotatable bonds is 10. The lowest BCUT2D eigenvalue weighted by molar-refractivity contribution is -0.147. The van der Waals surface area contributed by atoms with Crippen LogP contribution in [0.1, 0.15) is 32.3 Å². The number of amides is 1. The first-order valence-corrected chi connectivity index (χ1v) is 10.2. The minimum absolute atomic E-state index is 0.0731. The smallest absolute Gasteiger partial charge is 0.307 e. The summed E-state index contributed by atoms with van der Waals surface area (Å²) in [5.74, 6) is -3.49. The molecule has 0 radical (unpaired) electrons. The summed E-state index contributed by atoms with van der Waals surface area (Å²) in [6, 6.07) is 9.41. The van der Waals surface area contributed by atoms with Crippen molar-refractivity contribution in [2.45, 2.75) is 26.7 Å². The zero-order valence-corrected chi connectivity index (χ0v) is 16.0. The summed E-state index contributed by atoms with van der Waals surface area (Å²) in [7, 11) is -3.62. The topological polar surface area (TPSA) is 113 Å². The van der Waals surface area contributed by atoms with E-state index in [1.54, 1.807) is 12.2 Å². The molecule has 1 rings (SSSR count). The quantitative estimate of drug-likeness (QED) is 0.536. The number of hydrogen-bond donors (Lipinski definition) is 3. The average molecular weight is 382 g/mol. The van der Waals surface area contributed by atoms with E-state index in [9.17, 15) is 23.1 Å². The molecule has 0 bridgehead atoms. The molecule has 0 spiro atoms. The van der Waals surface area contributed by atoms with E-state index in [0.29, 0.717) is 6.42 Å². The third kappa shape index (κ3) is 8.26. The fraction of sp³-hybridized carbons (Fsp3) is 0.444.